The Kier molecular flexibility index (Phi) is 7.56. The number of piperidine rings is 1. The molecule has 0 bridgehead atoms. The van der Waals surface area contributed by atoms with E-state index in [0.29, 0.717) is 12.5 Å². The van der Waals surface area contributed by atoms with E-state index in [-0.39, 0.29) is 30.0 Å². The lowest BCUT2D eigenvalue weighted by Crippen LogP contribution is -2.42. The zero-order valence-electron chi connectivity index (χ0n) is 14.4. The highest BCUT2D eigenvalue weighted by molar-refractivity contribution is 14.0. The number of benzene rings is 1. The van der Waals surface area contributed by atoms with Gasteiger partial charge in [-0.2, -0.15) is 5.10 Å². The van der Waals surface area contributed by atoms with E-state index in [9.17, 15) is 0 Å². The summed E-state index contributed by atoms with van der Waals surface area (Å²) in [4.78, 5) is 6.84. The summed E-state index contributed by atoms with van der Waals surface area (Å²) in [7, 11) is 0. The molecule has 1 atom stereocenters. The SMILES string of the molecule is CC1CCN(C(N)=NCC(c2ccc(Cl)cc2)n2cccn2)CC1.I. The molecule has 1 unspecified atom stereocenters. The van der Waals surface area contributed by atoms with E-state index in [1.54, 1.807) is 6.20 Å². The minimum absolute atomic E-state index is 0. The Bertz CT molecular complexity index is 663. The molecule has 1 fully saturated rings. The maximum absolute atomic E-state index is 6.22. The zero-order valence-corrected chi connectivity index (χ0v) is 17.5. The first kappa shape index (κ1) is 20.0. The molecule has 0 spiro atoms. The number of nitrogens with two attached hydrogens (primary N) is 1. The topological polar surface area (TPSA) is 59.4 Å². The second-order valence-electron chi connectivity index (χ2n) is 6.42. The van der Waals surface area contributed by atoms with Crippen molar-refractivity contribution in [1.29, 1.82) is 0 Å². The molecule has 7 heteroatoms. The Labute approximate surface area is 171 Å². The molecule has 1 aromatic heterocycles. The van der Waals surface area contributed by atoms with Gasteiger partial charge in [0, 0.05) is 30.5 Å². The number of guanidine groups is 1. The monoisotopic (exact) mass is 473 g/mol. The third-order valence-corrected chi connectivity index (χ3v) is 4.88. The van der Waals surface area contributed by atoms with Gasteiger partial charge < -0.3 is 10.6 Å². The number of hydrogen-bond donors (Lipinski definition) is 1. The molecule has 3 rings (SSSR count). The lowest BCUT2D eigenvalue weighted by atomic mass is 10.00. The number of rotatable bonds is 4. The number of aromatic nitrogens is 2. The standard InChI is InChI=1S/C18H24ClN5.HI/c1-14-7-11-23(12-8-14)18(20)21-13-17(24-10-2-9-22-24)15-3-5-16(19)6-4-15;/h2-6,9-10,14,17H,7-8,11-13H2,1H3,(H2,20,21);1H. The van der Waals surface area contributed by atoms with Crippen molar-refractivity contribution < 1.29 is 0 Å². The maximum atomic E-state index is 6.22. The van der Waals surface area contributed by atoms with Crippen molar-refractivity contribution in [3.63, 3.8) is 0 Å². The van der Waals surface area contributed by atoms with Gasteiger partial charge in [-0.1, -0.05) is 30.7 Å². The molecule has 5 nitrogen and oxygen atoms in total. The zero-order chi connectivity index (χ0) is 16.9. The van der Waals surface area contributed by atoms with Crippen LogP contribution in [0.1, 0.15) is 31.4 Å². The first-order chi connectivity index (χ1) is 11.6. The van der Waals surface area contributed by atoms with Gasteiger partial charge in [-0.3, -0.25) is 9.67 Å². The fraction of sp³-hybridized carbons (Fsp3) is 0.444. The molecule has 1 aromatic carbocycles. The summed E-state index contributed by atoms with van der Waals surface area (Å²) in [6, 6.07) is 9.76. The summed E-state index contributed by atoms with van der Waals surface area (Å²) >= 11 is 6.01. The van der Waals surface area contributed by atoms with E-state index in [1.807, 2.05) is 41.2 Å². The molecule has 1 saturated heterocycles. The first-order valence-electron chi connectivity index (χ1n) is 8.43. The molecule has 0 aliphatic carbocycles. The van der Waals surface area contributed by atoms with E-state index in [4.69, 9.17) is 17.3 Å². The molecular formula is C18H25ClIN5. The molecule has 1 aliphatic rings. The predicted octanol–water partition coefficient (Wildman–Crippen LogP) is 3.79. The second-order valence-corrected chi connectivity index (χ2v) is 6.86. The smallest absolute Gasteiger partial charge is 0.191 e. The third kappa shape index (κ3) is 5.34. The van der Waals surface area contributed by atoms with Crippen molar-refractivity contribution in [2.24, 2.45) is 16.6 Å². The lowest BCUT2D eigenvalue weighted by molar-refractivity contribution is 0.277. The van der Waals surface area contributed by atoms with Crippen LogP contribution in [0.25, 0.3) is 0 Å². The number of halogens is 2. The first-order valence-corrected chi connectivity index (χ1v) is 8.80. The predicted molar refractivity (Wildman–Crippen MR) is 114 cm³/mol. The highest BCUT2D eigenvalue weighted by atomic mass is 127. The number of hydrogen-bond acceptors (Lipinski definition) is 2. The largest absolute Gasteiger partial charge is 0.370 e. The summed E-state index contributed by atoms with van der Waals surface area (Å²) in [5.41, 5.74) is 7.34. The third-order valence-electron chi connectivity index (χ3n) is 4.63. The quantitative estimate of drug-likeness (QED) is 0.417. The van der Waals surface area contributed by atoms with Gasteiger partial charge in [0.25, 0.3) is 0 Å². The minimum Gasteiger partial charge on any atom is -0.370 e. The van der Waals surface area contributed by atoms with Gasteiger partial charge in [-0.05, 0) is 42.5 Å². The van der Waals surface area contributed by atoms with E-state index in [1.165, 1.54) is 12.8 Å². The fourth-order valence-electron chi connectivity index (χ4n) is 3.01. The second kappa shape index (κ2) is 9.43. The van der Waals surface area contributed by atoms with Crippen LogP contribution in [-0.4, -0.2) is 40.3 Å². The van der Waals surface area contributed by atoms with Gasteiger partial charge >= 0.3 is 0 Å². The van der Waals surface area contributed by atoms with Crippen LogP contribution >= 0.6 is 35.6 Å². The highest BCUT2D eigenvalue weighted by Gasteiger charge is 2.18. The Morgan fingerprint density at radius 3 is 2.60 bits per heavy atom. The van der Waals surface area contributed by atoms with Crippen molar-refractivity contribution in [1.82, 2.24) is 14.7 Å². The van der Waals surface area contributed by atoms with Gasteiger partial charge in [0.1, 0.15) is 0 Å². The van der Waals surface area contributed by atoms with E-state index in [0.717, 1.165) is 29.6 Å². The van der Waals surface area contributed by atoms with Crippen molar-refractivity contribution in [2.75, 3.05) is 19.6 Å². The van der Waals surface area contributed by atoms with Crippen LogP contribution in [0.2, 0.25) is 5.02 Å². The fourth-order valence-corrected chi connectivity index (χ4v) is 3.14. The summed E-state index contributed by atoms with van der Waals surface area (Å²) < 4.78 is 1.91. The minimum atomic E-state index is 0. The van der Waals surface area contributed by atoms with Gasteiger partial charge in [0.05, 0.1) is 12.6 Å². The maximum Gasteiger partial charge on any atom is 0.191 e. The molecule has 0 saturated carbocycles. The Hall–Kier alpha value is -1.28. The summed E-state index contributed by atoms with van der Waals surface area (Å²) in [6.07, 6.45) is 6.08. The molecule has 136 valence electrons. The van der Waals surface area contributed by atoms with Crippen LogP contribution in [0.4, 0.5) is 0 Å². The molecule has 2 N–H and O–H groups in total. The van der Waals surface area contributed by atoms with Crippen LogP contribution in [-0.2, 0) is 0 Å². The van der Waals surface area contributed by atoms with Gasteiger partial charge in [0.2, 0.25) is 0 Å². The Balaban J connectivity index is 0.00000225. The average molecular weight is 474 g/mol. The highest BCUT2D eigenvalue weighted by Crippen LogP contribution is 2.21. The number of likely N-dealkylation sites (tertiary alicyclic amines) is 1. The summed E-state index contributed by atoms with van der Waals surface area (Å²) in [5.74, 6) is 1.41. The Morgan fingerprint density at radius 1 is 1.32 bits per heavy atom. The Morgan fingerprint density at radius 2 is 2.00 bits per heavy atom. The van der Waals surface area contributed by atoms with Gasteiger partial charge in [-0.15, -0.1) is 24.0 Å². The van der Waals surface area contributed by atoms with Crippen LogP contribution in [0, 0.1) is 5.92 Å². The lowest BCUT2D eigenvalue weighted by Gasteiger charge is -2.31. The van der Waals surface area contributed by atoms with Crippen molar-refractivity contribution >= 4 is 41.5 Å². The summed E-state index contributed by atoms with van der Waals surface area (Å²) in [5, 5.41) is 5.10. The molecule has 1 aliphatic heterocycles. The van der Waals surface area contributed by atoms with Crippen molar-refractivity contribution in [3.8, 4) is 0 Å². The van der Waals surface area contributed by atoms with E-state index >= 15 is 0 Å². The molecule has 25 heavy (non-hydrogen) atoms. The molecule has 2 heterocycles. The number of aliphatic imine (C=N–C) groups is 1. The van der Waals surface area contributed by atoms with E-state index in [2.05, 4.69) is 21.9 Å². The number of nitrogens with zero attached hydrogens (tertiary/aromatic N) is 4. The average Bonchev–Trinajstić information content (AvgIpc) is 3.11. The van der Waals surface area contributed by atoms with Crippen LogP contribution in [0.15, 0.2) is 47.7 Å². The summed E-state index contributed by atoms with van der Waals surface area (Å²) in [6.45, 7) is 4.83. The van der Waals surface area contributed by atoms with Crippen molar-refractivity contribution in [3.05, 3.63) is 53.3 Å². The van der Waals surface area contributed by atoms with Gasteiger partial charge in [0.15, 0.2) is 5.96 Å². The van der Waals surface area contributed by atoms with Crippen molar-refractivity contribution in [2.45, 2.75) is 25.8 Å². The van der Waals surface area contributed by atoms with Crippen LogP contribution in [0.5, 0.6) is 0 Å². The van der Waals surface area contributed by atoms with Gasteiger partial charge in [-0.25, -0.2) is 0 Å². The van der Waals surface area contributed by atoms with E-state index < -0.39 is 0 Å². The molecular weight excluding hydrogens is 449 g/mol. The van der Waals surface area contributed by atoms with Crippen LogP contribution < -0.4 is 5.73 Å². The molecule has 0 radical (unpaired) electrons. The molecule has 0 amide bonds. The molecule has 2 aromatic rings. The normalized spacial score (nSPS) is 17.2. The van der Waals surface area contributed by atoms with Crippen LogP contribution in [0.3, 0.4) is 0 Å².